The summed E-state index contributed by atoms with van der Waals surface area (Å²) < 4.78 is 18.6. The van der Waals surface area contributed by atoms with E-state index in [1.54, 1.807) is 18.2 Å². The Bertz CT molecular complexity index is 512. The van der Waals surface area contributed by atoms with Crippen LogP contribution in [0.15, 0.2) is 28.8 Å². The van der Waals surface area contributed by atoms with Gasteiger partial charge in [0.2, 0.25) is 5.89 Å². The highest BCUT2D eigenvalue weighted by molar-refractivity contribution is 5.20. The maximum absolute atomic E-state index is 13.4. The first kappa shape index (κ1) is 12.7. The van der Waals surface area contributed by atoms with Crippen LogP contribution in [0.4, 0.5) is 4.39 Å². The van der Waals surface area contributed by atoms with Gasteiger partial charge in [-0.1, -0.05) is 30.3 Å². The van der Waals surface area contributed by atoms with Gasteiger partial charge in [-0.3, -0.25) is 0 Å². The number of hydrogen-bond donors (Lipinski definition) is 1. The molecule has 0 spiro atoms. The molecular weight excluding hydrogens is 233 g/mol. The lowest BCUT2D eigenvalue weighted by Gasteiger charge is -2.02. The lowest BCUT2D eigenvalue weighted by Crippen LogP contribution is -2.13. The molecule has 2 rings (SSSR count). The van der Waals surface area contributed by atoms with E-state index in [4.69, 9.17) is 10.3 Å². The Labute approximate surface area is 105 Å². The first-order valence-corrected chi connectivity index (χ1v) is 5.94. The molecule has 0 aliphatic carbocycles. The molecule has 4 nitrogen and oxygen atoms in total. The van der Waals surface area contributed by atoms with Gasteiger partial charge in [0.15, 0.2) is 5.82 Å². The largest absolute Gasteiger partial charge is 0.339 e. The zero-order valence-corrected chi connectivity index (χ0v) is 10.3. The number of nitrogens with zero attached hydrogens (tertiary/aromatic N) is 2. The van der Waals surface area contributed by atoms with Crippen molar-refractivity contribution in [3.8, 4) is 0 Å². The van der Waals surface area contributed by atoms with E-state index in [0.717, 1.165) is 0 Å². The SMILES string of the molecule is CC(CN)Cc1nc(Cc2ccccc2F)no1. The molecule has 96 valence electrons. The summed E-state index contributed by atoms with van der Waals surface area (Å²) in [7, 11) is 0. The molecular formula is C13H16FN3O. The number of nitrogens with two attached hydrogens (primary N) is 1. The first-order valence-electron chi connectivity index (χ1n) is 5.94. The van der Waals surface area contributed by atoms with Crippen LogP contribution in [0.25, 0.3) is 0 Å². The highest BCUT2D eigenvalue weighted by Gasteiger charge is 2.11. The number of aromatic nitrogens is 2. The van der Waals surface area contributed by atoms with Gasteiger partial charge < -0.3 is 10.3 Å². The van der Waals surface area contributed by atoms with Crippen molar-refractivity contribution < 1.29 is 8.91 Å². The van der Waals surface area contributed by atoms with E-state index >= 15 is 0 Å². The Hall–Kier alpha value is -1.75. The summed E-state index contributed by atoms with van der Waals surface area (Å²) in [5, 5.41) is 3.85. The van der Waals surface area contributed by atoms with Crippen LogP contribution in [-0.4, -0.2) is 16.7 Å². The van der Waals surface area contributed by atoms with Crippen LogP contribution in [0, 0.1) is 11.7 Å². The van der Waals surface area contributed by atoms with Crippen LogP contribution in [0.2, 0.25) is 0 Å². The Balaban J connectivity index is 2.05. The number of hydrogen-bond acceptors (Lipinski definition) is 4. The third kappa shape index (κ3) is 3.13. The quantitative estimate of drug-likeness (QED) is 0.879. The molecule has 0 radical (unpaired) electrons. The molecule has 1 aromatic carbocycles. The molecule has 2 N–H and O–H groups in total. The van der Waals surface area contributed by atoms with E-state index in [0.29, 0.717) is 42.6 Å². The van der Waals surface area contributed by atoms with Crippen molar-refractivity contribution in [2.75, 3.05) is 6.54 Å². The predicted octanol–water partition coefficient (Wildman–Crippen LogP) is 1.94. The molecule has 0 saturated carbocycles. The fraction of sp³-hybridized carbons (Fsp3) is 0.385. The second-order valence-electron chi connectivity index (χ2n) is 4.42. The van der Waals surface area contributed by atoms with E-state index in [9.17, 15) is 4.39 Å². The molecule has 1 unspecified atom stereocenters. The van der Waals surface area contributed by atoms with Crippen LogP contribution in [-0.2, 0) is 12.8 Å². The van der Waals surface area contributed by atoms with Crippen molar-refractivity contribution >= 4 is 0 Å². The molecule has 18 heavy (non-hydrogen) atoms. The van der Waals surface area contributed by atoms with Crippen molar-refractivity contribution in [1.29, 1.82) is 0 Å². The van der Waals surface area contributed by atoms with Gasteiger partial charge in [-0.05, 0) is 24.1 Å². The van der Waals surface area contributed by atoms with E-state index in [-0.39, 0.29) is 5.82 Å². The van der Waals surface area contributed by atoms with Gasteiger partial charge in [-0.2, -0.15) is 4.98 Å². The van der Waals surface area contributed by atoms with Gasteiger partial charge in [0.05, 0.1) is 0 Å². The van der Waals surface area contributed by atoms with Crippen LogP contribution in [0.1, 0.15) is 24.2 Å². The summed E-state index contributed by atoms with van der Waals surface area (Å²) in [6.07, 6.45) is 0.994. The van der Waals surface area contributed by atoms with Crippen molar-refractivity contribution in [3.63, 3.8) is 0 Å². The molecule has 5 heteroatoms. The molecule has 1 atom stereocenters. The molecule has 1 aromatic heterocycles. The van der Waals surface area contributed by atoms with Crippen molar-refractivity contribution in [2.24, 2.45) is 11.7 Å². The smallest absolute Gasteiger partial charge is 0.226 e. The fourth-order valence-electron chi connectivity index (χ4n) is 1.64. The van der Waals surface area contributed by atoms with E-state index in [1.165, 1.54) is 6.07 Å². The molecule has 0 aliphatic heterocycles. The Morgan fingerprint density at radius 2 is 2.17 bits per heavy atom. The lowest BCUT2D eigenvalue weighted by molar-refractivity contribution is 0.356. The van der Waals surface area contributed by atoms with Crippen molar-refractivity contribution in [1.82, 2.24) is 10.1 Å². The van der Waals surface area contributed by atoms with Crippen LogP contribution >= 0.6 is 0 Å². The normalized spacial score (nSPS) is 12.6. The minimum Gasteiger partial charge on any atom is -0.339 e. The second kappa shape index (κ2) is 5.73. The highest BCUT2D eigenvalue weighted by Crippen LogP contribution is 2.12. The van der Waals surface area contributed by atoms with Crippen LogP contribution < -0.4 is 5.73 Å². The number of halogens is 1. The van der Waals surface area contributed by atoms with E-state index in [1.807, 2.05) is 6.92 Å². The Morgan fingerprint density at radius 3 is 2.89 bits per heavy atom. The topological polar surface area (TPSA) is 64.9 Å². The second-order valence-corrected chi connectivity index (χ2v) is 4.42. The summed E-state index contributed by atoms with van der Waals surface area (Å²) in [5.41, 5.74) is 6.10. The van der Waals surface area contributed by atoms with E-state index < -0.39 is 0 Å². The average Bonchev–Trinajstić information content (AvgIpc) is 2.79. The predicted molar refractivity (Wildman–Crippen MR) is 65.4 cm³/mol. The maximum Gasteiger partial charge on any atom is 0.226 e. The minimum absolute atomic E-state index is 0.251. The van der Waals surface area contributed by atoms with Crippen LogP contribution in [0.5, 0.6) is 0 Å². The summed E-state index contributed by atoms with van der Waals surface area (Å²) in [4.78, 5) is 4.23. The van der Waals surface area contributed by atoms with Gasteiger partial charge in [0, 0.05) is 12.8 Å². The Morgan fingerprint density at radius 1 is 1.39 bits per heavy atom. The highest BCUT2D eigenvalue weighted by atomic mass is 19.1. The van der Waals surface area contributed by atoms with Gasteiger partial charge in [-0.15, -0.1) is 0 Å². The first-order chi connectivity index (χ1) is 8.69. The van der Waals surface area contributed by atoms with Gasteiger partial charge in [0.25, 0.3) is 0 Å². The summed E-state index contributed by atoms with van der Waals surface area (Å²) in [6, 6.07) is 6.58. The van der Waals surface area contributed by atoms with Gasteiger partial charge in [-0.25, -0.2) is 4.39 Å². The minimum atomic E-state index is -0.251. The molecule has 0 amide bonds. The third-order valence-electron chi connectivity index (χ3n) is 2.74. The molecule has 0 saturated heterocycles. The third-order valence-corrected chi connectivity index (χ3v) is 2.74. The van der Waals surface area contributed by atoms with Crippen LogP contribution in [0.3, 0.4) is 0 Å². The molecule has 0 bridgehead atoms. The van der Waals surface area contributed by atoms with E-state index in [2.05, 4.69) is 10.1 Å². The zero-order valence-electron chi connectivity index (χ0n) is 10.3. The molecule has 2 aromatic rings. The monoisotopic (exact) mass is 249 g/mol. The van der Waals surface area contributed by atoms with Crippen molar-refractivity contribution in [2.45, 2.75) is 19.8 Å². The zero-order chi connectivity index (χ0) is 13.0. The lowest BCUT2D eigenvalue weighted by atomic mass is 10.1. The van der Waals surface area contributed by atoms with Gasteiger partial charge in [0.1, 0.15) is 5.82 Å². The number of benzene rings is 1. The summed E-state index contributed by atoms with van der Waals surface area (Å²) >= 11 is 0. The molecule has 0 aliphatic rings. The Kier molecular flexibility index (Phi) is 4.04. The standard InChI is InChI=1S/C13H16FN3O/c1-9(8-15)6-13-16-12(17-18-13)7-10-4-2-3-5-11(10)14/h2-5,9H,6-8,15H2,1H3. The molecule has 1 heterocycles. The maximum atomic E-state index is 13.4. The van der Waals surface area contributed by atoms with Crippen molar-refractivity contribution in [3.05, 3.63) is 47.4 Å². The number of rotatable bonds is 5. The summed E-state index contributed by atoms with van der Waals surface area (Å²) in [6.45, 7) is 2.59. The average molecular weight is 249 g/mol. The molecule has 0 fully saturated rings. The fourth-order valence-corrected chi connectivity index (χ4v) is 1.64. The van der Waals surface area contributed by atoms with Gasteiger partial charge >= 0.3 is 0 Å². The summed E-state index contributed by atoms with van der Waals surface area (Å²) in [5.74, 6) is 1.10.